The van der Waals surface area contributed by atoms with Crippen molar-refractivity contribution >= 4 is 29.5 Å². The van der Waals surface area contributed by atoms with Gasteiger partial charge in [0.15, 0.2) is 0 Å². The highest BCUT2D eigenvalue weighted by Gasteiger charge is 2.04. The smallest absolute Gasteiger partial charge is 0.251 e. The maximum atomic E-state index is 12.0. The summed E-state index contributed by atoms with van der Waals surface area (Å²) in [4.78, 5) is 23.7. The molecule has 2 aromatic carbocycles. The zero-order valence-electron chi connectivity index (χ0n) is 14.4. The van der Waals surface area contributed by atoms with Gasteiger partial charge in [-0.2, -0.15) is 0 Å². The first-order valence-electron chi connectivity index (χ1n) is 8.37. The molecule has 2 rings (SSSR count). The molecule has 0 aliphatic carbocycles. The first-order valence-corrected chi connectivity index (χ1v) is 8.75. The molecule has 0 aromatic heterocycles. The zero-order valence-corrected chi connectivity index (χ0v) is 15.1. The van der Waals surface area contributed by atoms with Crippen LogP contribution in [0.3, 0.4) is 0 Å². The summed E-state index contributed by atoms with van der Waals surface area (Å²) in [6.45, 7) is 1.42. The Morgan fingerprint density at radius 3 is 2.27 bits per heavy atom. The summed E-state index contributed by atoms with van der Waals surface area (Å²) in [5.41, 5.74) is 8.01. The molecule has 0 atom stereocenters. The second-order valence-corrected chi connectivity index (χ2v) is 6.12. The zero-order chi connectivity index (χ0) is 18.8. The molecule has 2 amide bonds. The second-order valence-electron chi connectivity index (χ2n) is 5.69. The Hall–Kier alpha value is -2.63. The molecule has 0 saturated carbocycles. The molecule has 0 saturated heterocycles. The summed E-state index contributed by atoms with van der Waals surface area (Å²) in [7, 11) is 0. The van der Waals surface area contributed by atoms with E-state index in [2.05, 4.69) is 10.6 Å². The number of nitrogens with two attached hydrogens (primary N) is 1. The topological polar surface area (TPSA) is 84.2 Å². The van der Waals surface area contributed by atoms with Crippen LogP contribution in [0.4, 0.5) is 0 Å². The van der Waals surface area contributed by atoms with Gasteiger partial charge in [-0.25, -0.2) is 0 Å². The third-order valence-electron chi connectivity index (χ3n) is 3.69. The van der Waals surface area contributed by atoms with Gasteiger partial charge >= 0.3 is 0 Å². The monoisotopic (exact) mass is 371 g/mol. The quantitative estimate of drug-likeness (QED) is 0.492. The molecule has 0 radical (unpaired) electrons. The van der Waals surface area contributed by atoms with Crippen LogP contribution < -0.4 is 16.4 Å². The SMILES string of the molecule is NCc1ccc(C(=O)NCCCNC(=O)/C=C/c2ccc(Cl)cc2)cc1. The van der Waals surface area contributed by atoms with Crippen molar-refractivity contribution in [3.8, 4) is 0 Å². The first-order chi connectivity index (χ1) is 12.6. The molecule has 26 heavy (non-hydrogen) atoms. The number of rotatable bonds is 8. The van der Waals surface area contributed by atoms with E-state index in [0.29, 0.717) is 36.6 Å². The molecule has 136 valence electrons. The average Bonchev–Trinajstić information content (AvgIpc) is 2.67. The summed E-state index contributed by atoms with van der Waals surface area (Å²) in [5.74, 6) is -0.314. The highest BCUT2D eigenvalue weighted by molar-refractivity contribution is 6.30. The largest absolute Gasteiger partial charge is 0.352 e. The van der Waals surface area contributed by atoms with E-state index in [1.54, 1.807) is 30.3 Å². The summed E-state index contributed by atoms with van der Waals surface area (Å²) in [6, 6.07) is 14.4. The third-order valence-corrected chi connectivity index (χ3v) is 3.94. The van der Waals surface area contributed by atoms with Crippen LogP contribution in [-0.2, 0) is 11.3 Å². The molecule has 0 heterocycles. The second kappa shape index (κ2) is 10.4. The van der Waals surface area contributed by atoms with E-state index in [9.17, 15) is 9.59 Å². The average molecular weight is 372 g/mol. The molecule has 4 N–H and O–H groups in total. The Morgan fingerprint density at radius 1 is 0.962 bits per heavy atom. The van der Waals surface area contributed by atoms with Crippen LogP contribution in [0.1, 0.15) is 27.9 Å². The van der Waals surface area contributed by atoms with Crippen LogP contribution in [0.15, 0.2) is 54.6 Å². The van der Waals surface area contributed by atoms with Crippen molar-refractivity contribution in [2.45, 2.75) is 13.0 Å². The van der Waals surface area contributed by atoms with Crippen molar-refractivity contribution in [1.82, 2.24) is 10.6 Å². The predicted molar refractivity (Wildman–Crippen MR) is 105 cm³/mol. The van der Waals surface area contributed by atoms with Crippen LogP contribution in [0.25, 0.3) is 6.08 Å². The molecule has 0 bridgehead atoms. The Kier molecular flexibility index (Phi) is 7.86. The number of hydrogen-bond acceptors (Lipinski definition) is 3. The summed E-state index contributed by atoms with van der Waals surface area (Å²) in [5, 5.41) is 6.25. The molecule has 0 unspecified atom stereocenters. The molecule has 2 aromatic rings. The molecule has 5 nitrogen and oxygen atoms in total. The van der Waals surface area contributed by atoms with Crippen molar-refractivity contribution in [3.63, 3.8) is 0 Å². The van der Waals surface area contributed by atoms with Crippen LogP contribution in [0.5, 0.6) is 0 Å². The van der Waals surface area contributed by atoms with E-state index >= 15 is 0 Å². The van der Waals surface area contributed by atoms with E-state index in [1.165, 1.54) is 6.08 Å². The summed E-state index contributed by atoms with van der Waals surface area (Å²) < 4.78 is 0. The van der Waals surface area contributed by atoms with E-state index in [0.717, 1.165) is 11.1 Å². The standard InChI is InChI=1S/C20H22ClN3O2/c21-18-9-4-15(5-10-18)6-11-19(25)23-12-1-13-24-20(26)17-7-2-16(14-22)3-8-17/h2-11H,1,12-14,22H2,(H,23,25)(H,24,26)/b11-6+. The summed E-state index contributed by atoms with van der Waals surface area (Å²) in [6.07, 6.45) is 3.84. The molecule has 0 aliphatic heterocycles. The highest BCUT2D eigenvalue weighted by Crippen LogP contribution is 2.10. The highest BCUT2D eigenvalue weighted by atomic mass is 35.5. The molecular weight excluding hydrogens is 350 g/mol. The van der Waals surface area contributed by atoms with Gasteiger partial charge < -0.3 is 16.4 Å². The van der Waals surface area contributed by atoms with Gasteiger partial charge in [-0.1, -0.05) is 35.9 Å². The van der Waals surface area contributed by atoms with Gasteiger partial charge in [0, 0.05) is 36.3 Å². The van der Waals surface area contributed by atoms with Crippen molar-refractivity contribution in [2.75, 3.05) is 13.1 Å². The normalized spacial score (nSPS) is 10.7. The minimum absolute atomic E-state index is 0.137. The fraction of sp³-hybridized carbons (Fsp3) is 0.200. The van der Waals surface area contributed by atoms with Crippen LogP contribution in [0.2, 0.25) is 5.02 Å². The molecule has 6 heteroatoms. The van der Waals surface area contributed by atoms with Crippen molar-refractivity contribution in [2.24, 2.45) is 5.73 Å². The Labute approximate surface area is 158 Å². The van der Waals surface area contributed by atoms with Crippen molar-refractivity contribution in [1.29, 1.82) is 0 Å². The molecule has 0 aliphatic rings. The lowest BCUT2D eigenvalue weighted by molar-refractivity contribution is -0.116. The molecule has 0 fully saturated rings. The van der Waals surface area contributed by atoms with Gasteiger partial charge in [0.1, 0.15) is 0 Å². The third kappa shape index (κ3) is 6.70. The van der Waals surface area contributed by atoms with E-state index in [4.69, 9.17) is 17.3 Å². The summed E-state index contributed by atoms with van der Waals surface area (Å²) >= 11 is 5.81. The molecule has 0 spiro atoms. The Balaban J connectivity index is 1.64. The first kappa shape index (κ1) is 19.7. The minimum Gasteiger partial charge on any atom is -0.352 e. The van der Waals surface area contributed by atoms with Crippen LogP contribution in [0, 0.1) is 0 Å². The number of carbonyl (C=O) groups excluding carboxylic acids is 2. The van der Waals surface area contributed by atoms with E-state index in [1.807, 2.05) is 24.3 Å². The van der Waals surface area contributed by atoms with Crippen molar-refractivity contribution in [3.05, 3.63) is 76.3 Å². The van der Waals surface area contributed by atoms with Crippen molar-refractivity contribution < 1.29 is 9.59 Å². The number of hydrogen-bond donors (Lipinski definition) is 3. The fourth-order valence-corrected chi connectivity index (χ4v) is 2.33. The van der Waals surface area contributed by atoms with Crippen LogP contribution >= 0.6 is 11.6 Å². The van der Waals surface area contributed by atoms with Gasteiger partial charge in [-0.05, 0) is 47.9 Å². The fourth-order valence-electron chi connectivity index (χ4n) is 2.20. The van der Waals surface area contributed by atoms with Gasteiger partial charge in [-0.15, -0.1) is 0 Å². The Morgan fingerprint density at radius 2 is 1.62 bits per heavy atom. The van der Waals surface area contributed by atoms with Crippen LogP contribution in [-0.4, -0.2) is 24.9 Å². The Bertz CT molecular complexity index is 756. The van der Waals surface area contributed by atoms with Gasteiger partial charge in [-0.3, -0.25) is 9.59 Å². The lowest BCUT2D eigenvalue weighted by Crippen LogP contribution is -2.29. The lowest BCUT2D eigenvalue weighted by atomic mass is 10.1. The van der Waals surface area contributed by atoms with Gasteiger partial charge in [0.2, 0.25) is 5.91 Å². The van der Waals surface area contributed by atoms with Gasteiger partial charge in [0.25, 0.3) is 5.91 Å². The maximum absolute atomic E-state index is 12.0. The minimum atomic E-state index is -0.177. The predicted octanol–water partition coefficient (Wildman–Crippen LogP) is 2.75. The lowest BCUT2D eigenvalue weighted by Gasteiger charge is -2.06. The van der Waals surface area contributed by atoms with Gasteiger partial charge in [0.05, 0.1) is 0 Å². The van der Waals surface area contributed by atoms with E-state index in [-0.39, 0.29) is 11.8 Å². The number of halogens is 1. The number of carbonyl (C=O) groups is 2. The van der Waals surface area contributed by atoms with E-state index < -0.39 is 0 Å². The maximum Gasteiger partial charge on any atom is 0.251 e. The number of benzene rings is 2. The number of nitrogens with one attached hydrogen (secondary N) is 2. The molecular formula is C20H22ClN3O2. The number of amides is 2.